The van der Waals surface area contributed by atoms with Gasteiger partial charge in [0.1, 0.15) is 5.82 Å². The van der Waals surface area contributed by atoms with Gasteiger partial charge in [-0.15, -0.1) is 0 Å². The third kappa shape index (κ3) is 4.13. The van der Waals surface area contributed by atoms with Crippen LogP contribution in [0.4, 0.5) is 10.1 Å². The van der Waals surface area contributed by atoms with Crippen molar-refractivity contribution in [3.8, 4) is 0 Å². The van der Waals surface area contributed by atoms with Crippen LogP contribution < -0.4 is 5.32 Å². The molecule has 1 aliphatic carbocycles. The summed E-state index contributed by atoms with van der Waals surface area (Å²) in [6.45, 7) is 0. The highest BCUT2D eigenvalue weighted by molar-refractivity contribution is 6.02. The number of amides is 1. The van der Waals surface area contributed by atoms with Gasteiger partial charge >= 0.3 is 11.9 Å². The first kappa shape index (κ1) is 20.5. The predicted octanol–water partition coefficient (Wildman–Crippen LogP) is 3.85. The van der Waals surface area contributed by atoms with Crippen LogP contribution in [0.5, 0.6) is 0 Å². The highest BCUT2D eigenvalue weighted by Crippen LogP contribution is 2.42. The van der Waals surface area contributed by atoms with Crippen molar-refractivity contribution in [3.05, 3.63) is 65.0 Å². The van der Waals surface area contributed by atoms with Gasteiger partial charge < -0.3 is 14.8 Å². The Balaban J connectivity index is 1.96. The number of carbonyl (C=O) groups excluding carboxylic acids is 3. The van der Waals surface area contributed by atoms with Gasteiger partial charge in [-0.3, -0.25) is 4.79 Å². The molecule has 1 N–H and O–H groups in total. The number of esters is 2. The molecule has 7 heteroatoms. The normalized spacial score (nSPS) is 14.9. The quantitative estimate of drug-likeness (QED) is 0.773. The highest BCUT2D eigenvalue weighted by Gasteiger charge is 2.42. The Morgan fingerprint density at radius 1 is 0.897 bits per heavy atom. The Hall–Kier alpha value is -3.22. The summed E-state index contributed by atoms with van der Waals surface area (Å²) in [6, 6.07) is 10.2. The molecule has 152 valence electrons. The third-order valence-electron chi connectivity index (χ3n) is 5.32. The molecule has 1 amide bonds. The van der Waals surface area contributed by atoms with Crippen LogP contribution >= 0.6 is 0 Å². The number of benzene rings is 2. The zero-order valence-corrected chi connectivity index (χ0v) is 16.3. The summed E-state index contributed by atoms with van der Waals surface area (Å²) < 4.78 is 22.8. The van der Waals surface area contributed by atoms with Crippen molar-refractivity contribution in [2.45, 2.75) is 31.1 Å². The smallest absolute Gasteiger partial charge is 0.337 e. The molecule has 6 nitrogen and oxygen atoms in total. The van der Waals surface area contributed by atoms with E-state index in [9.17, 15) is 18.8 Å². The SMILES string of the molecule is COC(=O)c1cc(NC(=O)C2(c3ccc(F)cc3)CCCC2)cc(C(=O)OC)c1. The second-order valence-corrected chi connectivity index (χ2v) is 7.03. The molecule has 0 bridgehead atoms. The van der Waals surface area contributed by atoms with E-state index in [0.717, 1.165) is 18.4 Å². The fourth-order valence-electron chi connectivity index (χ4n) is 3.82. The predicted molar refractivity (Wildman–Crippen MR) is 104 cm³/mol. The average molecular weight is 399 g/mol. The molecular weight excluding hydrogens is 377 g/mol. The summed E-state index contributed by atoms with van der Waals surface area (Å²) in [7, 11) is 2.46. The topological polar surface area (TPSA) is 81.7 Å². The van der Waals surface area contributed by atoms with E-state index in [0.29, 0.717) is 12.8 Å². The average Bonchev–Trinajstić information content (AvgIpc) is 3.24. The van der Waals surface area contributed by atoms with E-state index in [1.54, 1.807) is 12.1 Å². The van der Waals surface area contributed by atoms with Crippen molar-refractivity contribution in [2.75, 3.05) is 19.5 Å². The molecule has 3 rings (SSSR count). The largest absolute Gasteiger partial charge is 0.465 e. The molecule has 2 aromatic rings. The van der Waals surface area contributed by atoms with Crippen LogP contribution in [0.2, 0.25) is 0 Å². The summed E-state index contributed by atoms with van der Waals surface area (Å²) in [5, 5.41) is 2.83. The lowest BCUT2D eigenvalue weighted by Crippen LogP contribution is -2.38. The molecule has 2 aromatic carbocycles. The molecule has 1 fully saturated rings. The molecule has 0 atom stereocenters. The number of nitrogens with one attached hydrogen (secondary N) is 1. The van der Waals surface area contributed by atoms with E-state index in [-0.39, 0.29) is 28.5 Å². The molecule has 0 radical (unpaired) electrons. The second-order valence-electron chi connectivity index (χ2n) is 7.03. The van der Waals surface area contributed by atoms with Gasteiger partial charge in [-0.2, -0.15) is 0 Å². The minimum Gasteiger partial charge on any atom is -0.465 e. The van der Waals surface area contributed by atoms with Gasteiger partial charge in [-0.25, -0.2) is 14.0 Å². The van der Waals surface area contributed by atoms with Gasteiger partial charge in [0.2, 0.25) is 5.91 Å². The molecule has 0 heterocycles. The van der Waals surface area contributed by atoms with Gasteiger partial charge in [0.05, 0.1) is 30.8 Å². The number of anilines is 1. The molecular formula is C22H22FNO5. The van der Waals surface area contributed by atoms with Gasteiger partial charge in [-0.05, 0) is 48.7 Å². The minimum atomic E-state index is -0.791. The van der Waals surface area contributed by atoms with E-state index < -0.39 is 17.4 Å². The maximum Gasteiger partial charge on any atom is 0.337 e. The van der Waals surface area contributed by atoms with Crippen LogP contribution in [0.25, 0.3) is 0 Å². The Morgan fingerprint density at radius 2 is 1.41 bits per heavy atom. The zero-order valence-electron chi connectivity index (χ0n) is 16.3. The van der Waals surface area contributed by atoms with Gasteiger partial charge in [-0.1, -0.05) is 25.0 Å². The number of methoxy groups -OCH3 is 2. The molecule has 29 heavy (non-hydrogen) atoms. The first-order chi connectivity index (χ1) is 13.9. The number of carbonyl (C=O) groups is 3. The van der Waals surface area contributed by atoms with Crippen molar-refractivity contribution in [3.63, 3.8) is 0 Å². The molecule has 0 unspecified atom stereocenters. The summed E-state index contributed by atoms with van der Waals surface area (Å²) >= 11 is 0. The molecule has 0 aromatic heterocycles. The Bertz CT molecular complexity index is 898. The van der Waals surface area contributed by atoms with Crippen molar-refractivity contribution in [1.82, 2.24) is 0 Å². The van der Waals surface area contributed by atoms with E-state index >= 15 is 0 Å². The fraction of sp³-hybridized carbons (Fsp3) is 0.318. The molecule has 0 spiro atoms. The van der Waals surface area contributed by atoms with E-state index in [2.05, 4.69) is 5.32 Å². The monoisotopic (exact) mass is 399 g/mol. The fourth-order valence-corrected chi connectivity index (χ4v) is 3.82. The lowest BCUT2D eigenvalue weighted by atomic mass is 9.78. The van der Waals surface area contributed by atoms with Crippen molar-refractivity contribution < 1.29 is 28.2 Å². The second kappa shape index (κ2) is 8.43. The van der Waals surface area contributed by atoms with Crippen LogP contribution in [0, 0.1) is 5.82 Å². The van der Waals surface area contributed by atoms with E-state index in [1.807, 2.05) is 0 Å². The number of rotatable bonds is 5. The highest BCUT2D eigenvalue weighted by atomic mass is 19.1. The number of hydrogen-bond acceptors (Lipinski definition) is 5. The first-order valence-electron chi connectivity index (χ1n) is 9.29. The van der Waals surface area contributed by atoms with Crippen LogP contribution in [0.1, 0.15) is 52.0 Å². The van der Waals surface area contributed by atoms with E-state index in [4.69, 9.17) is 9.47 Å². The molecule has 1 saturated carbocycles. The molecule has 1 aliphatic rings. The number of hydrogen-bond donors (Lipinski definition) is 1. The Morgan fingerprint density at radius 3 is 1.90 bits per heavy atom. The lowest BCUT2D eigenvalue weighted by molar-refractivity contribution is -0.121. The maximum absolute atomic E-state index is 13.4. The van der Waals surface area contributed by atoms with Crippen LogP contribution in [0.15, 0.2) is 42.5 Å². The Labute approximate surface area is 168 Å². The van der Waals surface area contributed by atoms with E-state index in [1.165, 1.54) is 44.6 Å². The van der Waals surface area contributed by atoms with Gasteiger partial charge in [0.25, 0.3) is 0 Å². The Kier molecular flexibility index (Phi) is 5.96. The van der Waals surface area contributed by atoms with Crippen LogP contribution in [0.3, 0.4) is 0 Å². The maximum atomic E-state index is 13.4. The lowest BCUT2D eigenvalue weighted by Gasteiger charge is -2.28. The zero-order chi connectivity index (χ0) is 21.0. The third-order valence-corrected chi connectivity index (χ3v) is 5.32. The van der Waals surface area contributed by atoms with Crippen LogP contribution in [-0.2, 0) is 19.7 Å². The van der Waals surface area contributed by atoms with Crippen molar-refractivity contribution in [2.24, 2.45) is 0 Å². The summed E-state index contributed by atoms with van der Waals surface area (Å²) in [5.41, 5.74) is 0.472. The first-order valence-corrected chi connectivity index (χ1v) is 9.29. The van der Waals surface area contributed by atoms with Crippen molar-refractivity contribution in [1.29, 1.82) is 0 Å². The standard InChI is InChI=1S/C22H22FNO5/c1-28-19(25)14-11-15(20(26)29-2)13-18(12-14)24-21(27)22(9-3-4-10-22)16-5-7-17(23)8-6-16/h5-8,11-13H,3-4,9-10H2,1-2H3,(H,24,27). The number of halogens is 1. The number of ether oxygens (including phenoxy) is 2. The summed E-state index contributed by atoms with van der Waals surface area (Å²) in [4.78, 5) is 37.2. The summed E-state index contributed by atoms with van der Waals surface area (Å²) in [5.74, 6) is -1.91. The van der Waals surface area contributed by atoms with Crippen molar-refractivity contribution >= 4 is 23.5 Å². The summed E-state index contributed by atoms with van der Waals surface area (Å²) in [6.07, 6.45) is 3.01. The minimum absolute atomic E-state index is 0.118. The molecule has 0 saturated heterocycles. The van der Waals surface area contributed by atoms with Crippen LogP contribution in [-0.4, -0.2) is 32.1 Å². The van der Waals surface area contributed by atoms with Gasteiger partial charge in [0.15, 0.2) is 0 Å². The van der Waals surface area contributed by atoms with Gasteiger partial charge in [0, 0.05) is 5.69 Å². The molecule has 0 aliphatic heterocycles.